The van der Waals surface area contributed by atoms with Crippen LogP contribution in [0.4, 0.5) is 4.79 Å². The molecule has 6 heteroatoms. The standard InChI is InChI=1S/C17H20BrN3O2/c1-11-19-9-14(23-11)10-20-17(22)21-16-5-3-2-4-12-8-13(18)6-7-15(12)16/h6-9,16H,2-5,10H2,1H3,(H2,20,21,22). The van der Waals surface area contributed by atoms with E-state index in [-0.39, 0.29) is 12.1 Å². The van der Waals surface area contributed by atoms with Crippen LogP contribution < -0.4 is 10.6 Å². The molecule has 0 saturated heterocycles. The van der Waals surface area contributed by atoms with Crippen molar-refractivity contribution in [1.29, 1.82) is 0 Å². The molecule has 122 valence electrons. The van der Waals surface area contributed by atoms with Crippen molar-refractivity contribution in [2.75, 3.05) is 0 Å². The van der Waals surface area contributed by atoms with E-state index in [1.54, 1.807) is 13.1 Å². The molecule has 2 aromatic rings. The Kier molecular flexibility index (Phi) is 5.00. The number of amides is 2. The van der Waals surface area contributed by atoms with Crippen molar-refractivity contribution >= 4 is 22.0 Å². The lowest BCUT2D eigenvalue weighted by Gasteiger charge is -2.20. The van der Waals surface area contributed by atoms with E-state index >= 15 is 0 Å². The van der Waals surface area contributed by atoms with Crippen LogP contribution in [-0.4, -0.2) is 11.0 Å². The SMILES string of the molecule is Cc1ncc(CNC(=O)NC2CCCCc3cc(Br)ccc32)o1. The zero-order valence-corrected chi connectivity index (χ0v) is 14.6. The van der Waals surface area contributed by atoms with E-state index in [4.69, 9.17) is 4.42 Å². The number of nitrogens with zero attached hydrogens (tertiary/aromatic N) is 1. The summed E-state index contributed by atoms with van der Waals surface area (Å²) < 4.78 is 6.44. The van der Waals surface area contributed by atoms with Crippen molar-refractivity contribution in [1.82, 2.24) is 15.6 Å². The fourth-order valence-electron chi connectivity index (χ4n) is 2.96. The number of hydrogen-bond acceptors (Lipinski definition) is 3. The van der Waals surface area contributed by atoms with Gasteiger partial charge in [0.2, 0.25) is 0 Å². The highest BCUT2D eigenvalue weighted by Crippen LogP contribution is 2.30. The first-order valence-corrected chi connectivity index (χ1v) is 8.65. The maximum atomic E-state index is 12.2. The van der Waals surface area contributed by atoms with Gasteiger partial charge in [-0.15, -0.1) is 0 Å². The average Bonchev–Trinajstić information content (AvgIpc) is 2.84. The van der Waals surface area contributed by atoms with Crippen LogP contribution in [0.3, 0.4) is 0 Å². The lowest BCUT2D eigenvalue weighted by Crippen LogP contribution is -2.37. The smallest absolute Gasteiger partial charge is 0.315 e. The molecule has 3 rings (SSSR count). The Morgan fingerprint density at radius 1 is 1.43 bits per heavy atom. The number of aromatic nitrogens is 1. The Labute approximate surface area is 144 Å². The first-order chi connectivity index (χ1) is 11.1. The summed E-state index contributed by atoms with van der Waals surface area (Å²) in [5.74, 6) is 1.26. The third kappa shape index (κ3) is 4.13. The second-order valence-corrected chi connectivity index (χ2v) is 6.73. The summed E-state index contributed by atoms with van der Waals surface area (Å²) in [6.45, 7) is 2.12. The Morgan fingerprint density at radius 2 is 2.30 bits per heavy atom. The minimum atomic E-state index is -0.181. The molecule has 0 saturated carbocycles. The highest BCUT2D eigenvalue weighted by atomic mass is 79.9. The number of hydrogen-bond donors (Lipinski definition) is 2. The Bertz CT molecular complexity index is 699. The summed E-state index contributed by atoms with van der Waals surface area (Å²) in [5, 5.41) is 5.91. The molecule has 1 atom stereocenters. The first kappa shape index (κ1) is 16.1. The number of rotatable bonds is 3. The molecule has 0 spiro atoms. The number of aryl methyl sites for hydroxylation is 2. The monoisotopic (exact) mass is 377 g/mol. The normalized spacial score (nSPS) is 17.2. The van der Waals surface area contributed by atoms with Gasteiger partial charge in [0, 0.05) is 11.4 Å². The first-order valence-electron chi connectivity index (χ1n) is 7.86. The quantitative estimate of drug-likeness (QED) is 0.793. The van der Waals surface area contributed by atoms with E-state index in [1.165, 1.54) is 11.1 Å². The van der Waals surface area contributed by atoms with Crippen LogP contribution in [0.1, 0.15) is 48.1 Å². The second kappa shape index (κ2) is 7.17. The van der Waals surface area contributed by atoms with E-state index < -0.39 is 0 Å². The number of urea groups is 1. The van der Waals surface area contributed by atoms with Gasteiger partial charge in [0.25, 0.3) is 0 Å². The molecule has 2 amide bonds. The molecule has 1 unspecified atom stereocenters. The Morgan fingerprint density at radius 3 is 3.09 bits per heavy atom. The van der Waals surface area contributed by atoms with Gasteiger partial charge >= 0.3 is 6.03 Å². The van der Waals surface area contributed by atoms with Gasteiger partial charge in [0.05, 0.1) is 18.8 Å². The summed E-state index contributed by atoms with van der Waals surface area (Å²) in [4.78, 5) is 16.2. The van der Waals surface area contributed by atoms with E-state index in [2.05, 4.69) is 43.7 Å². The molecule has 1 aromatic carbocycles. The molecule has 1 heterocycles. The maximum Gasteiger partial charge on any atom is 0.315 e. The molecule has 0 fully saturated rings. The summed E-state index contributed by atoms with van der Waals surface area (Å²) in [6, 6.07) is 6.17. The molecule has 5 nitrogen and oxygen atoms in total. The van der Waals surface area contributed by atoms with Crippen LogP contribution in [0.15, 0.2) is 33.3 Å². The van der Waals surface area contributed by atoms with Gasteiger partial charge in [-0.3, -0.25) is 0 Å². The summed E-state index contributed by atoms with van der Waals surface area (Å²) >= 11 is 3.52. The van der Waals surface area contributed by atoms with Crippen molar-refractivity contribution in [3.63, 3.8) is 0 Å². The van der Waals surface area contributed by atoms with Crippen molar-refractivity contribution < 1.29 is 9.21 Å². The zero-order chi connectivity index (χ0) is 16.2. The number of carbonyl (C=O) groups excluding carboxylic acids is 1. The highest BCUT2D eigenvalue weighted by molar-refractivity contribution is 9.10. The summed E-state index contributed by atoms with van der Waals surface area (Å²) in [6.07, 6.45) is 5.92. The fraction of sp³-hybridized carbons (Fsp3) is 0.412. The van der Waals surface area contributed by atoms with Crippen LogP contribution in [-0.2, 0) is 13.0 Å². The van der Waals surface area contributed by atoms with Gasteiger partial charge in [-0.1, -0.05) is 28.4 Å². The van der Waals surface area contributed by atoms with Gasteiger partial charge in [-0.25, -0.2) is 9.78 Å². The zero-order valence-electron chi connectivity index (χ0n) is 13.1. The van der Waals surface area contributed by atoms with Crippen molar-refractivity contribution in [2.45, 2.75) is 45.2 Å². The Balaban J connectivity index is 1.64. The second-order valence-electron chi connectivity index (χ2n) is 5.81. The van der Waals surface area contributed by atoms with Crippen LogP contribution >= 0.6 is 15.9 Å². The minimum absolute atomic E-state index is 0.0528. The van der Waals surface area contributed by atoms with Gasteiger partial charge < -0.3 is 15.1 Å². The summed E-state index contributed by atoms with van der Waals surface area (Å²) in [7, 11) is 0. The topological polar surface area (TPSA) is 67.2 Å². The number of benzene rings is 1. The van der Waals surface area contributed by atoms with Gasteiger partial charge in [-0.05, 0) is 42.5 Å². The molecule has 0 radical (unpaired) electrons. The third-order valence-corrected chi connectivity index (χ3v) is 4.56. The van der Waals surface area contributed by atoms with Crippen molar-refractivity contribution in [3.8, 4) is 0 Å². The molecular weight excluding hydrogens is 358 g/mol. The lowest BCUT2D eigenvalue weighted by atomic mass is 9.99. The van der Waals surface area contributed by atoms with E-state index in [9.17, 15) is 4.79 Å². The maximum absolute atomic E-state index is 12.2. The molecule has 2 N–H and O–H groups in total. The number of fused-ring (bicyclic) bond motifs is 1. The number of nitrogens with one attached hydrogen (secondary N) is 2. The molecule has 0 bridgehead atoms. The van der Waals surface area contributed by atoms with Crippen molar-refractivity contribution in [3.05, 3.63) is 51.6 Å². The number of oxazole rings is 1. The number of carbonyl (C=O) groups is 1. The Hall–Kier alpha value is -1.82. The molecule has 1 aromatic heterocycles. The molecular formula is C17H20BrN3O2. The fourth-order valence-corrected chi connectivity index (χ4v) is 3.37. The van der Waals surface area contributed by atoms with E-state index in [0.717, 1.165) is 30.2 Å². The van der Waals surface area contributed by atoms with Crippen LogP contribution in [0.25, 0.3) is 0 Å². The largest absolute Gasteiger partial charge is 0.444 e. The molecule has 1 aliphatic rings. The summed E-state index contributed by atoms with van der Waals surface area (Å²) in [5.41, 5.74) is 2.53. The van der Waals surface area contributed by atoms with E-state index in [0.29, 0.717) is 18.2 Å². The minimum Gasteiger partial charge on any atom is -0.444 e. The van der Waals surface area contributed by atoms with Crippen molar-refractivity contribution in [2.24, 2.45) is 0 Å². The molecule has 1 aliphatic carbocycles. The van der Waals surface area contributed by atoms with Crippen LogP contribution in [0.5, 0.6) is 0 Å². The van der Waals surface area contributed by atoms with Gasteiger partial charge in [0.15, 0.2) is 5.89 Å². The predicted octanol–water partition coefficient (Wildman–Crippen LogP) is 4.01. The molecule has 23 heavy (non-hydrogen) atoms. The predicted molar refractivity (Wildman–Crippen MR) is 91.0 cm³/mol. The van der Waals surface area contributed by atoms with Crippen LogP contribution in [0.2, 0.25) is 0 Å². The average molecular weight is 378 g/mol. The third-order valence-electron chi connectivity index (χ3n) is 4.07. The van der Waals surface area contributed by atoms with Gasteiger partial charge in [0.1, 0.15) is 5.76 Å². The lowest BCUT2D eigenvalue weighted by molar-refractivity contribution is 0.235. The van der Waals surface area contributed by atoms with E-state index in [1.807, 2.05) is 6.07 Å². The highest BCUT2D eigenvalue weighted by Gasteiger charge is 2.20. The van der Waals surface area contributed by atoms with Crippen LogP contribution in [0, 0.1) is 6.92 Å². The van der Waals surface area contributed by atoms with Gasteiger partial charge in [-0.2, -0.15) is 0 Å². The number of halogens is 1. The molecule has 0 aliphatic heterocycles.